The van der Waals surface area contributed by atoms with Crippen LogP contribution in [0.3, 0.4) is 0 Å². The maximum atomic E-state index is 13.6. The van der Waals surface area contributed by atoms with E-state index in [1.54, 1.807) is 19.4 Å². The Bertz CT molecular complexity index is 1260. The number of aromatic nitrogens is 2. The van der Waals surface area contributed by atoms with Crippen LogP contribution < -0.4 is 4.74 Å². The molecule has 0 aliphatic rings. The SMILES string of the molecule is COc1cnc2c(-c3cc4ccc(F)cc4o3)cc(CO[Si](C)(C)C(C)(C)C)cc2n1. The second kappa shape index (κ2) is 7.73. The molecule has 162 valence electrons. The van der Waals surface area contributed by atoms with Crippen LogP contribution in [-0.4, -0.2) is 25.4 Å². The molecule has 0 unspecified atom stereocenters. The summed E-state index contributed by atoms with van der Waals surface area (Å²) >= 11 is 0. The van der Waals surface area contributed by atoms with Gasteiger partial charge >= 0.3 is 0 Å². The van der Waals surface area contributed by atoms with E-state index in [4.69, 9.17) is 13.6 Å². The zero-order valence-corrected chi connectivity index (χ0v) is 19.7. The maximum Gasteiger partial charge on any atom is 0.232 e. The summed E-state index contributed by atoms with van der Waals surface area (Å²) in [6.45, 7) is 11.6. The molecule has 2 aromatic carbocycles. The quantitative estimate of drug-likeness (QED) is 0.324. The molecule has 0 amide bonds. The van der Waals surface area contributed by atoms with Crippen LogP contribution in [0.2, 0.25) is 18.1 Å². The minimum Gasteiger partial charge on any atom is -0.480 e. The van der Waals surface area contributed by atoms with Crippen molar-refractivity contribution in [3.05, 3.63) is 54.0 Å². The van der Waals surface area contributed by atoms with Crippen molar-refractivity contribution >= 4 is 30.3 Å². The predicted molar refractivity (Wildman–Crippen MR) is 123 cm³/mol. The zero-order chi connectivity index (χ0) is 22.4. The molecule has 0 saturated heterocycles. The fourth-order valence-corrected chi connectivity index (χ4v) is 4.11. The van der Waals surface area contributed by atoms with Crippen LogP contribution in [0.4, 0.5) is 4.39 Å². The Balaban J connectivity index is 1.82. The van der Waals surface area contributed by atoms with Gasteiger partial charge in [-0.15, -0.1) is 0 Å². The lowest BCUT2D eigenvalue weighted by atomic mass is 10.1. The van der Waals surface area contributed by atoms with Crippen molar-refractivity contribution in [1.82, 2.24) is 9.97 Å². The molecular formula is C24H27FN2O3Si. The molecule has 7 heteroatoms. The molecule has 4 aromatic rings. The van der Waals surface area contributed by atoms with E-state index >= 15 is 0 Å². The number of halogens is 1. The van der Waals surface area contributed by atoms with E-state index in [1.807, 2.05) is 18.2 Å². The van der Waals surface area contributed by atoms with Gasteiger partial charge in [-0.2, -0.15) is 0 Å². The summed E-state index contributed by atoms with van der Waals surface area (Å²) in [6.07, 6.45) is 1.58. The summed E-state index contributed by atoms with van der Waals surface area (Å²) in [5.41, 5.74) is 3.64. The maximum absolute atomic E-state index is 13.6. The Kier molecular flexibility index (Phi) is 5.35. The third-order valence-electron chi connectivity index (χ3n) is 6.05. The number of benzene rings is 2. The molecule has 2 heterocycles. The van der Waals surface area contributed by atoms with Gasteiger partial charge in [-0.3, -0.25) is 0 Å². The van der Waals surface area contributed by atoms with Gasteiger partial charge < -0.3 is 13.6 Å². The van der Waals surface area contributed by atoms with Crippen LogP contribution in [0.25, 0.3) is 33.3 Å². The molecular weight excluding hydrogens is 411 g/mol. The lowest BCUT2D eigenvalue weighted by molar-refractivity contribution is 0.276. The monoisotopic (exact) mass is 438 g/mol. The number of nitrogens with zero attached hydrogens (tertiary/aromatic N) is 2. The van der Waals surface area contributed by atoms with Gasteiger partial charge in [0.25, 0.3) is 0 Å². The van der Waals surface area contributed by atoms with E-state index in [-0.39, 0.29) is 10.9 Å². The first-order valence-electron chi connectivity index (χ1n) is 10.2. The first-order chi connectivity index (χ1) is 14.6. The molecule has 0 radical (unpaired) electrons. The van der Waals surface area contributed by atoms with Gasteiger partial charge in [0.15, 0.2) is 8.32 Å². The average Bonchev–Trinajstić information content (AvgIpc) is 3.13. The average molecular weight is 439 g/mol. The van der Waals surface area contributed by atoms with E-state index in [2.05, 4.69) is 43.8 Å². The van der Waals surface area contributed by atoms with E-state index in [1.165, 1.54) is 12.1 Å². The van der Waals surface area contributed by atoms with E-state index < -0.39 is 8.32 Å². The summed E-state index contributed by atoms with van der Waals surface area (Å²) in [6, 6.07) is 10.4. The van der Waals surface area contributed by atoms with Gasteiger partial charge in [-0.25, -0.2) is 14.4 Å². The number of hydrogen-bond acceptors (Lipinski definition) is 5. The molecule has 0 saturated carbocycles. The third kappa shape index (κ3) is 4.20. The third-order valence-corrected chi connectivity index (χ3v) is 10.5. The van der Waals surface area contributed by atoms with Crippen LogP contribution in [0.1, 0.15) is 26.3 Å². The number of furan rings is 1. The van der Waals surface area contributed by atoms with Crippen LogP contribution in [0.15, 0.2) is 47.0 Å². The van der Waals surface area contributed by atoms with Crippen molar-refractivity contribution in [2.75, 3.05) is 7.11 Å². The Hall–Kier alpha value is -2.77. The van der Waals surface area contributed by atoms with Crippen LogP contribution >= 0.6 is 0 Å². The molecule has 0 N–H and O–H groups in total. The fourth-order valence-electron chi connectivity index (χ4n) is 3.15. The predicted octanol–water partition coefficient (Wildman–Crippen LogP) is 6.71. The second-order valence-electron chi connectivity index (χ2n) is 9.27. The summed E-state index contributed by atoms with van der Waals surface area (Å²) in [7, 11) is -0.364. The Morgan fingerprint density at radius 1 is 1.10 bits per heavy atom. The van der Waals surface area contributed by atoms with Crippen LogP contribution in [0.5, 0.6) is 5.88 Å². The highest BCUT2D eigenvalue weighted by Gasteiger charge is 2.37. The number of hydrogen-bond donors (Lipinski definition) is 0. The molecule has 31 heavy (non-hydrogen) atoms. The Labute approximate surface area is 182 Å². The van der Waals surface area contributed by atoms with Crippen molar-refractivity contribution in [1.29, 1.82) is 0 Å². The van der Waals surface area contributed by atoms with E-state index in [0.29, 0.717) is 34.9 Å². The van der Waals surface area contributed by atoms with Crippen molar-refractivity contribution in [3.63, 3.8) is 0 Å². The Morgan fingerprint density at radius 3 is 2.58 bits per heavy atom. The van der Waals surface area contributed by atoms with Gasteiger partial charge in [0, 0.05) is 17.0 Å². The highest BCUT2D eigenvalue weighted by atomic mass is 28.4. The number of methoxy groups -OCH3 is 1. The van der Waals surface area contributed by atoms with E-state index in [9.17, 15) is 4.39 Å². The lowest BCUT2D eigenvalue weighted by Crippen LogP contribution is -2.40. The largest absolute Gasteiger partial charge is 0.480 e. The highest BCUT2D eigenvalue weighted by molar-refractivity contribution is 6.74. The van der Waals surface area contributed by atoms with Gasteiger partial charge in [0.1, 0.15) is 17.2 Å². The zero-order valence-electron chi connectivity index (χ0n) is 18.7. The molecule has 0 aliphatic carbocycles. The topological polar surface area (TPSA) is 57.4 Å². The van der Waals surface area contributed by atoms with Crippen molar-refractivity contribution in [2.24, 2.45) is 0 Å². The second-order valence-corrected chi connectivity index (χ2v) is 14.1. The standard InChI is InChI=1S/C24H27FN2O3Si/c1-24(2,3)31(5,6)29-14-15-9-18(23-19(10-15)27-22(28-4)13-26-23)21-11-16-7-8-17(25)12-20(16)30-21/h7-13H,14H2,1-6H3. The molecule has 0 spiro atoms. The summed E-state index contributed by atoms with van der Waals surface area (Å²) in [5.74, 6) is 0.714. The van der Waals surface area contributed by atoms with Crippen molar-refractivity contribution in [3.8, 4) is 17.2 Å². The summed E-state index contributed by atoms with van der Waals surface area (Å²) < 4.78 is 31.3. The molecule has 5 nitrogen and oxygen atoms in total. The van der Waals surface area contributed by atoms with Gasteiger partial charge in [-0.1, -0.05) is 20.8 Å². The van der Waals surface area contributed by atoms with Gasteiger partial charge in [-0.05, 0) is 54.0 Å². The number of rotatable bonds is 5. The molecule has 0 fully saturated rings. The van der Waals surface area contributed by atoms with Gasteiger partial charge in [0.05, 0.1) is 30.9 Å². The Morgan fingerprint density at radius 2 is 1.87 bits per heavy atom. The smallest absolute Gasteiger partial charge is 0.232 e. The normalized spacial score (nSPS) is 12.6. The van der Waals surface area contributed by atoms with Crippen molar-refractivity contribution in [2.45, 2.75) is 45.5 Å². The molecule has 0 bridgehead atoms. The van der Waals surface area contributed by atoms with Gasteiger partial charge in [0.2, 0.25) is 5.88 Å². The van der Waals surface area contributed by atoms with Crippen LogP contribution in [0, 0.1) is 5.82 Å². The number of fused-ring (bicyclic) bond motifs is 2. The molecule has 0 atom stereocenters. The van der Waals surface area contributed by atoms with E-state index in [0.717, 1.165) is 16.5 Å². The van der Waals surface area contributed by atoms with Crippen LogP contribution in [-0.2, 0) is 11.0 Å². The first kappa shape index (κ1) is 21.5. The first-order valence-corrected chi connectivity index (χ1v) is 13.2. The molecule has 0 aliphatic heterocycles. The summed E-state index contributed by atoms with van der Waals surface area (Å²) in [4.78, 5) is 9.12. The molecule has 4 rings (SSSR count). The minimum atomic E-state index is -1.93. The van der Waals surface area contributed by atoms with Crippen molar-refractivity contribution < 1.29 is 18.0 Å². The lowest BCUT2D eigenvalue weighted by Gasteiger charge is -2.36. The fraction of sp³-hybridized carbons (Fsp3) is 0.333. The molecule has 2 aromatic heterocycles. The number of ether oxygens (including phenoxy) is 1. The highest BCUT2D eigenvalue weighted by Crippen LogP contribution is 2.38. The minimum absolute atomic E-state index is 0.110. The summed E-state index contributed by atoms with van der Waals surface area (Å²) in [5, 5.41) is 0.937.